The highest BCUT2D eigenvalue weighted by molar-refractivity contribution is 7.46. The number of aliphatic hydroxyl groups excluding tert-OH is 1. The van der Waals surface area contributed by atoms with Gasteiger partial charge >= 0.3 is 7.82 Å². The van der Waals surface area contributed by atoms with Crippen molar-refractivity contribution < 1.29 is 33.8 Å². The summed E-state index contributed by atoms with van der Waals surface area (Å²) in [4.78, 5) is 29.4. The van der Waals surface area contributed by atoms with Crippen LogP contribution in [0, 0.1) is 0 Å². The van der Waals surface area contributed by atoms with E-state index in [9.17, 15) is 14.8 Å². The van der Waals surface area contributed by atoms with Gasteiger partial charge in [-0.3, -0.25) is 9.09 Å². The van der Waals surface area contributed by atoms with E-state index in [4.69, 9.17) is 20.3 Å². The van der Waals surface area contributed by atoms with Gasteiger partial charge in [0, 0.05) is 0 Å². The van der Waals surface area contributed by atoms with Crippen molar-refractivity contribution in [2.75, 3.05) is 12.3 Å². The van der Waals surface area contributed by atoms with Crippen LogP contribution in [0.25, 0.3) is 11.2 Å². The minimum atomic E-state index is -4.75. The summed E-state index contributed by atoms with van der Waals surface area (Å²) >= 11 is 0. The molecule has 132 valence electrons. The van der Waals surface area contributed by atoms with Crippen LogP contribution in [0.1, 0.15) is 13.2 Å². The molecule has 1 aliphatic heterocycles. The van der Waals surface area contributed by atoms with Gasteiger partial charge in [-0.15, -0.1) is 0 Å². The molecule has 2 aromatic rings. The highest BCUT2D eigenvalue weighted by atomic mass is 31.2. The monoisotopic (exact) mass is 361 g/mol. The number of hydrogen-bond acceptors (Lipinski definition) is 9. The molecule has 1 saturated heterocycles. The Morgan fingerprint density at radius 1 is 1.46 bits per heavy atom. The minimum absolute atomic E-state index is 0.138. The fourth-order valence-electron chi connectivity index (χ4n) is 2.51. The van der Waals surface area contributed by atoms with E-state index in [1.807, 2.05) is 0 Å². The maximum absolute atomic E-state index is 10.8. The lowest BCUT2D eigenvalue weighted by Crippen LogP contribution is -2.46. The molecule has 0 radical (unpaired) electrons. The maximum Gasteiger partial charge on any atom is 0.469 e. The predicted molar refractivity (Wildman–Crippen MR) is 78.3 cm³/mol. The van der Waals surface area contributed by atoms with Gasteiger partial charge in [0.15, 0.2) is 17.7 Å². The van der Waals surface area contributed by atoms with Crippen molar-refractivity contribution in [2.24, 2.45) is 0 Å². The molecule has 1 aliphatic rings. The predicted octanol–water partition coefficient (Wildman–Crippen LogP) is -1.47. The summed E-state index contributed by atoms with van der Waals surface area (Å²) in [5.74, 6) is 0.138. The molecule has 2 aromatic heterocycles. The molecule has 12 nitrogen and oxygen atoms in total. The lowest BCUT2D eigenvalue weighted by molar-refractivity contribution is -0.0792. The van der Waals surface area contributed by atoms with Gasteiger partial charge in [0.2, 0.25) is 0 Å². The summed E-state index contributed by atoms with van der Waals surface area (Å²) in [6.45, 7) is 0.655. The smallest absolute Gasteiger partial charge is 0.385 e. The van der Waals surface area contributed by atoms with Crippen molar-refractivity contribution in [1.29, 1.82) is 0 Å². The summed E-state index contributed by atoms with van der Waals surface area (Å²) < 4.78 is 22.1. The average Bonchev–Trinajstić information content (AvgIpc) is 2.99. The summed E-state index contributed by atoms with van der Waals surface area (Å²) in [5.41, 5.74) is 4.44. The average molecular weight is 361 g/mol. The molecule has 4 atom stereocenters. The molecule has 3 heterocycles. The van der Waals surface area contributed by atoms with Crippen LogP contribution in [0.4, 0.5) is 5.82 Å². The van der Waals surface area contributed by atoms with Gasteiger partial charge in [-0.05, 0) is 6.92 Å². The van der Waals surface area contributed by atoms with Crippen molar-refractivity contribution >= 4 is 24.8 Å². The van der Waals surface area contributed by atoms with E-state index in [0.29, 0.717) is 5.52 Å². The number of nitrogens with zero attached hydrogens (tertiary/aromatic N) is 4. The van der Waals surface area contributed by atoms with Crippen molar-refractivity contribution in [1.82, 2.24) is 19.5 Å². The summed E-state index contributed by atoms with van der Waals surface area (Å²) in [5, 5.41) is 20.8. The van der Waals surface area contributed by atoms with Crippen LogP contribution < -0.4 is 5.73 Å². The molecule has 0 saturated carbocycles. The first-order valence-corrected chi connectivity index (χ1v) is 8.33. The Kier molecular flexibility index (Phi) is 4.08. The van der Waals surface area contributed by atoms with Crippen molar-refractivity contribution in [3.63, 3.8) is 0 Å². The minimum Gasteiger partial charge on any atom is -0.385 e. The number of aromatic nitrogens is 4. The Balaban J connectivity index is 1.91. The Labute approximate surface area is 135 Å². The number of nitrogen functional groups attached to an aromatic ring is 1. The first-order valence-electron chi connectivity index (χ1n) is 6.80. The van der Waals surface area contributed by atoms with Gasteiger partial charge in [-0.2, -0.15) is 0 Å². The zero-order valence-electron chi connectivity index (χ0n) is 12.4. The lowest BCUT2D eigenvalue weighted by Gasteiger charge is -2.26. The number of fused-ring (bicyclic) bond motifs is 1. The molecule has 2 unspecified atom stereocenters. The lowest BCUT2D eigenvalue weighted by atomic mass is 9.95. The molecule has 6 N–H and O–H groups in total. The SMILES string of the molecule is CC1(O)C(O)[C@H](n2cnc3c(N)ncnc32)O[C@@H]1COP(=O)(O)O. The summed E-state index contributed by atoms with van der Waals surface area (Å²) in [6.07, 6.45) is -1.21. The molecule has 1 fully saturated rings. The van der Waals surface area contributed by atoms with E-state index in [0.717, 1.165) is 0 Å². The molecule has 0 aromatic carbocycles. The molecule has 0 amide bonds. The van der Waals surface area contributed by atoms with Crippen molar-refractivity contribution in [3.05, 3.63) is 12.7 Å². The van der Waals surface area contributed by atoms with Gasteiger partial charge < -0.3 is 30.5 Å². The second kappa shape index (κ2) is 5.70. The number of aliphatic hydroxyl groups is 2. The maximum atomic E-state index is 10.8. The van der Waals surface area contributed by atoms with Crippen LogP contribution in [-0.2, 0) is 13.8 Å². The van der Waals surface area contributed by atoms with Crippen LogP contribution in [0.5, 0.6) is 0 Å². The third-order valence-corrected chi connectivity index (χ3v) is 4.37. The second-order valence-corrected chi connectivity index (χ2v) is 6.79. The molecular formula is C11H16N5O7P. The van der Waals surface area contributed by atoms with Crippen LogP contribution in [-0.4, -0.2) is 63.9 Å². The number of hydrogen-bond donors (Lipinski definition) is 5. The first-order chi connectivity index (χ1) is 11.1. The van der Waals surface area contributed by atoms with E-state index in [1.54, 1.807) is 0 Å². The van der Waals surface area contributed by atoms with Gasteiger partial charge in [-0.1, -0.05) is 0 Å². The van der Waals surface area contributed by atoms with Crippen molar-refractivity contribution in [3.8, 4) is 0 Å². The summed E-state index contributed by atoms with van der Waals surface area (Å²) in [6, 6.07) is 0. The Hall–Kier alpha value is -1.66. The molecule has 0 aliphatic carbocycles. The molecule has 13 heteroatoms. The fraction of sp³-hybridized carbons (Fsp3) is 0.545. The third kappa shape index (κ3) is 2.89. The van der Waals surface area contributed by atoms with Crippen LogP contribution in [0.15, 0.2) is 12.7 Å². The highest BCUT2D eigenvalue weighted by Gasteiger charge is 2.53. The largest absolute Gasteiger partial charge is 0.469 e. The van der Waals surface area contributed by atoms with Gasteiger partial charge in [0.1, 0.15) is 29.7 Å². The molecule has 24 heavy (non-hydrogen) atoms. The zero-order chi connectivity index (χ0) is 17.7. The zero-order valence-corrected chi connectivity index (χ0v) is 13.3. The third-order valence-electron chi connectivity index (χ3n) is 3.88. The van der Waals surface area contributed by atoms with Crippen LogP contribution >= 0.6 is 7.82 Å². The number of phosphoric acid groups is 1. The first kappa shape index (κ1) is 17.2. The Morgan fingerprint density at radius 3 is 2.83 bits per heavy atom. The van der Waals surface area contributed by atoms with Gasteiger partial charge in [-0.25, -0.2) is 19.5 Å². The van der Waals surface area contributed by atoms with E-state index in [1.165, 1.54) is 24.1 Å². The van der Waals surface area contributed by atoms with Crippen LogP contribution in [0.2, 0.25) is 0 Å². The van der Waals surface area contributed by atoms with E-state index in [2.05, 4.69) is 19.5 Å². The quantitative estimate of drug-likeness (QED) is 0.400. The number of ether oxygens (including phenoxy) is 1. The van der Waals surface area contributed by atoms with Gasteiger partial charge in [0.05, 0.1) is 12.9 Å². The number of anilines is 1. The molecule has 3 rings (SSSR count). The molecule has 0 bridgehead atoms. The number of nitrogens with two attached hydrogens (primary N) is 1. The summed E-state index contributed by atoms with van der Waals surface area (Å²) in [7, 11) is -4.75. The molecule has 0 spiro atoms. The normalized spacial score (nSPS) is 31.0. The standard InChI is InChI=1S/C11H16N5O7P/c1-11(18)5(2-22-24(19,20)21)23-10(7(11)17)16-4-15-6-8(12)13-3-14-9(6)16/h3-5,7,10,17-18H,2H2,1H3,(H2,12,13,14)(H2,19,20,21)/t5-,7?,10-,11?/m1/s1. The highest BCUT2D eigenvalue weighted by Crippen LogP contribution is 2.42. The topological polar surface area (TPSA) is 186 Å². The number of imidazole rings is 1. The number of rotatable bonds is 4. The second-order valence-electron chi connectivity index (χ2n) is 5.56. The number of phosphoric ester groups is 1. The Morgan fingerprint density at radius 2 is 2.17 bits per heavy atom. The van der Waals surface area contributed by atoms with Gasteiger partial charge in [0.25, 0.3) is 0 Å². The van der Waals surface area contributed by atoms with E-state index >= 15 is 0 Å². The van der Waals surface area contributed by atoms with Crippen molar-refractivity contribution in [2.45, 2.75) is 31.0 Å². The fourth-order valence-corrected chi connectivity index (χ4v) is 2.84. The van der Waals surface area contributed by atoms with E-state index in [-0.39, 0.29) is 11.5 Å². The van der Waals surface area contributed by atoms with E-state index < -0.39 is 38.5 Å². The molecular weight excluding hydrogens is 345 g/mol. The van der Waals surface area contributed by atoms with Crippen LogP contribution in [0.3, 0.4) is 0 Å². The Bertz CT molecular complexity index is 805.